The third kappa shape index (κ3) is 3.12. The van der Waals surface area contributed by atoms with Gasteiger partial charge >= 0.3 is 0 Å². The third-order valence-corrected chi connectivity index (χ3v) is 5.94. The summed E-state index contributed by atoms with van der Waals surface area (Å²) in [5, 5.41) is 0. The van der Waals surface area contributed by atoms with Crippen molar-refractivity contribution in [2.24, 2.45) is 5.92 Å². The molecular formula is C23H24N4O. The molecule has 0 spiro atoms. The van der Waals surface area contributed by atoms with Gasteiger partial charge in [-0.1, -0.05) is 60.7 Å². The van der Waals surface area contributed by atoms with Crippen LogP contribution in [0.3, 0.4) is 0 Å². The first-order valence-electron chi connectivity index (χ1n) is 9.93. The van der Waals surface area contributed by atoms with Crippen molar-refractivity contribution >= 4 is 5.91 Å². The van der Waals surface area contributed by atoms with E-state index in [4.69, 9.17) is 0 Å². The van der Waals surface area contributed by atoms with Crippen LogP contribution in [0.15, 0.2) is 67.0 Å². The normalized spacial score (nSPS) is 17.4. The summed E-state index contributed by atoms with van der Waals surface area (Å²) in [6.45, 7) is 3.04. The third-order valence-electron chi connectivity index (χ3n) is 5.94. The smallest absolute Gasteiger partial charge is 0.228 e. The van der Waals surface area contributed by atoms with Crippen molar-refractivity contribution in [2.75, 3.05) is 19.6 Å². The van der Waals surface area contributed by atoms with Gasteiger partial charge in [-0.15, -0.1) is 0 Å². The number of aromatic amines is 1. The van der Waals surface area contributed by atoms with E-state index < -0.39 is 0 Å². The lowest BCUT2D eigenvalue weighted by molar-refractivity contribution is -0.143. The Morgan fingerprint density at radius 3 is 2.29 bits per heavy atom. The molecule has 0 aliphatic carbocycles. The molecule has 2 aliphatic heterocycles. The molecule has 0 saturated carbocycles. The molecule has 1 N–H and O–H groups in total. The Hall–Kier alpha value is -2.92. The fourth-order valence-corrected chi connectivity index (χ4v) is 4.42. The highest BCUT2D eigenvalue weighted by Crippen LogP contribution is 2.35. The van der Waals surface area contributed by atoms with Crippen LogP contribution < -0.4 is 0 Å². The first-order chi connectivity index (χ1) is 13.8. The SMILES string of the molecule is O=C(C1CN(C(c2ccccc2)c2ccccc2)C1)N1CCc2nc[nH]c2C1. The van der Waals surface area contributed by atoms with Crippen molar-refractivity contribution in [3.63, 3.8) is 0 Å². The van der Waals surface area contributed by atoms with Crippen molar-refractivity contribution in [2.45, 2.75) is 19.0 Å². The van der Waals surface area contributed by atoms with E-state index in [1.165, 1.54) is 11.1 Å². The van der Waals surface area contributed by atoms with E-state index in [0.717, 1.165) is 37.4 Å². The molecule has 5 heteroatoms. The van der Waals surface area contributed by atoms with E-state index in [-0.39, 0.29) is 17.9 Å². The van der Waals surface area contributed by atoms with Gasteiger partial charge in [0.05, 0.1) is 36.2 Å². The van der Waals surface area contributed by atoms with Crippen LogP contribution in [0.5, 0.6) is 0 Å². The van der Waals surface area contributed by atoms with Crippen molar-refractivity contribution in [1.82, 2.24) is 19.8 Å². The highest BCUT2D eigenvalue weighted by molar-refractivity contribution is 5.80. The zero-order chi connectivity index (χ0) is 18.9. The first-order valence-corrected chi connectivity index (χ1v) is 9.93. The summed E-state index contributed by atoms with van der Waals surface area (Å²) in [6.07, 6.45) is 2.58. The molecule has 5 rings (SSSR count). The molecule has 0 unspecified atom stereocenters. The van der Waals surface area contributed by atoms with Gasteiger partial charge in [0.1, 0.15) is 0 Å². The van der Waals surface area contributed by atoms with Gasteiger partial charge < -0.3 is 9.88 Å². The van der Waals surface area contributed by atoms with Crippen molar-refractivity contribution in [3.8, 4) is 0 Å². The number of hydrogen-bond donors (Lipinski definition) is 1. The Morgan fingerprint density at radius 1 is 1.00 bits per heavy atom. The Labute approximate surface area is 165 Å². The average molecular weight is 372 g/mol. The number of amides is 1. The lowest BCUT2D eigenvalue weighted by Gasteiger charge is -2.45. The zero-order valence-electron chi connectivity index (χ0n) is 15.8. The van der Waals surface area contributed by atoms with Gasteiger partial charge in [0.15, 0.2) is 0 Å². The number of aromatic nitrogens is 2. The highest BCUT2D eigenvalue weighted by Gasteiger charge is 2.40. The molecule has 2 aromatic carbocycles. The molecule has 142 valence electrons. The van der Waals surface area contributed by atoms with E-state index in [2.05, 4.69) is 63.4 Å². The van der Waals surface area contributed by atoms with Gasteiger partial charge in [-0.05, 0) is 11.1 Å². The Bertz CT molecular complexity index is 908. The molecule has 5 nitrogen and oxygen atoms in total. The largest absolute Gasteiger partial charge is 0.347 e. The number of H-pyrrole nitrogens is 1. The number of benzene rings is 2. The number of carbonyl (C=O) groups is 1. The van der Waals surface area contributed by atoms with Crippen LogP contribution in [-0.2, 0) is 17.8 Å². The molecule has 0 atom stereocenters. The minimum Gasteiger partial charge on any atom is -0.347 e. The van der Waals surface area contributed by atoms with Gasteiger partial charge in [-0.25, -0.2) is 4.98 Å². The summed E-state index contributed by atoms with van der Waals surface area (Å²) < 4.78 is 0. The van der Waals surface area contributed by atoms with Crippen LogP contribution in [0.1, 0.15) is 28.6 Å². The van der Waals surface area contributed by atoms with E-state index in [9.17, 15) is 4.79 Å². The molecule has 0 radical (unpaired) electrons. The molecule has 1 fully saturated rings. The number of rotatable bonds is 4. The van der Waals surface area contributed by atoms with Gasteiger partial charge in [0.25, 0.3) is 0 Å². The predicted octanol–water partition coefficient (Wildman–Crippen LogP) is 3.02. The van der Waals surface area contributed by atoms with Crippen LogP contribution in [-0.4, -0.2) is 45.3 Å². The molecule has 2 aliphatic rings. The summed E-state index contributed by atoms with van der Waals surface area (Å²) in [4.78, 5) is 24.9. The maximum absolute atomic E-state index is 13.0. The molecule has 1 amide bonds. The number of hydrogen-bond acceptors (Lipinski definition) is 3. The second kappa shape index (κ2) is 7.24. The summed E-state index contributed by atoms with van der Waals surface area (Å²) in [7, 11) is 0. The topological polar surface area (TPSA) is 52.2 Å². The van der Waals surface area contributed by atoms with E-state index in [1.807, 2.05) is 17.0 Å². The molecular weight excluding hydrogens is 348 g/mol. The van der Waals surface area contributed by atoms with Crippen LogP contribution >= 0.6 is 0 Å². The number of nitrogens with zero attached hydrogens (tertiary/aromatic N) is 3. The fourth-order valence-electron chi connectivity index (χ4n) is 4.42. The molecule has 3 aromatic rings. The Morgan fingerprint density at radius 2 is 1.64 bits per heavy atom. The summed E-state index contributed by atoms with van der Waals surface area (Å²) >= 11 is 0. The summed E-state index contributed by atoms with van der Waals surface area (Å²) in [5.41, 5.74) is 4.74. The maximum Gasteiger partial charge on any atom is 0.228 e. The van der Waals surface area contributed by atoms with Gasteiger partial charge in [0.2, 0.25) is 5.91 Å². The summed E-state index contributed by atoms with van der Waals surface area (Å²) in [6, 6.07) is 21.4. The van der Waals surface area contributed by atoms with E-state index in [0.29, 0.717) is 6.54 Å². The Kier molecular flexibility index (Phi) is 4.45. The maximum atomic E-state index is 13.0. The molecule has 0 bridgehead atoms. The average Bonchev–Trinajstić information content (AvgIpc) is 3.19. The van der Waals surface area contributed by atoms with Crippen molar-refractivity contribution in [1.29, 1.82) is 0 Å². The number of imidazole rings is 1. The van der Waals surface area contributed by atoms with Crippen LogP contribution in [0.2, 0.25) is 0 Å². The van der Waals surface area contributed by atoms with Gasteiger partial charge in [-0.2, -0.15) is 0 Å². The second-order valence-corrected chi connectivity index (χ2v) is 7.71. The van der Waals surface area contributed by atoms with Gasteiger partial charge in [0, 0.05) is 26.1 Å². The quantitative estimate of drug-likeness (QED) is 0.766. The Balaban J connectivity index is 1.30. The number of fused-ring (bicyclic) bond motifs is 1. The number of carbonyl (C=O) groups excluding carboxylic acids is 1. The minimum absolute atomic E-state index is 0.0828. The van der Waals surface area contributed by atoms with E-state index >= 15 is 0 Å². The second-order valence-electron chi connectivity index (χ2n) is 7.71. The van der Waals surface area contributed by atoms with Crippen LogP contribution in [0.25, 0.3) is 0 Å². The standard InChI is InChI=1S/C23H24N4O/c28-23(26-12-11-20-21(15-26)25-16-24-20)19-13-27(14-19)22(17-7-3-1-4-8-17)18-9-5-2-6-10-18/h1-10,16,19,22H,11-15H2,(H,24,25). The predicted molar refractivity (Wildman–Crippen MR) is 107 cm³/mol. The summed E-state index contributed by atoms with van der Waals surface area (Å²) in [5.74, 6) is 0.357. The molecule has 28 heavy (non-hydrogen) atoms. The van der Waals surface area contributed by atoms with Crippen molar-refractivity contribution < 1.29 is 4.79 Å². The lowest BCUT2D eigenvalue weighted by atomic mass is 9.89. The van der Waals surface area contributed by atoms with Gasteiger partial charge in [-0.3, -0.25) is 9.69 Å². The van der Waals surface area contributed by atoms with E-state index in [1.54, 1.807) is 6.33 Å². The number of likely N-dealkylation sites (tertiary alicyclic amines) is 1. The zero-order valence-corrected chi connectivity index (χ0v) is 15.8. The molecule has 1 aromatic heterocycles. The monoisotopic (exact) mass is 372 g/mol. The lowest BCUT2D eigenvalue weighted by Crippen LogP contribution is -2.56. The van der Waals surface area contributed by atoms with Crippen LogP contribution in [0.4, 0.5) is 0 Å². The number of nitrogens with one attached hydrogen (secondary N) is 1. The molecule has 3 heterocycles. The highest BCUT2D eigenvalue weighted by atomic mass is 16.2. The minimum atomic E-state index is 0.0828. The molecule has 1 saturated heterocycles. The van der Waals surface area contributed by atoms with Crippen molar-refractivity contribution in [3.05, 3.63) is 89.5 Å². The van der Waals surface area contributed by atoms with Crippen LogP contribution in [0, 0.1) is 5.92 Å². The fraction of sp³-hybridized carbons (Fsp3) is 0.304. The first kappa shape index (κ1) is 17.2.